The van der Waals surface area contributed by atoms with Crippen molar-refractivity contribution in [3.8, 4) is 23.0 Å². The Morgan fingerprint density at radius 2 is 1.88 bits per heavy atom. The Morgan fingerprint density at radius 1 is 1.16 bits per heavy atom. The van der Waals surface area contributed by atoms with E-state index in [0.29, 0.717) is 5.56 Å². The fourth-order valence-electron chi connectivity index (χ4n) is 3.14. The van der Waals surface area contributed by atoms with Crippen molar-refractivity contribution in [2.75, 3.05) is 0 Å². The first kappa shape index (κ1) is 22.1. The van der Waals surface area contributed by atoms with Gasteiger partial charge < -0.3 is 13.9 Å². The van der Waals surface area contributed by atoms with Gasteiger partial charge in [-0.1, -0.05) is 36.2 Å². The zero-order valence-corrected chi connectivity index (χ0v) is 17.7. The summed E-state index contributed by atoms with van der Waals surface area (Å²) in [7, 11) is 0. The molecule has 1 atom stereocenters. The number of hydrogen-bond donors (Lipinski definition) is 1. The molecule has 166 valence electrons. The van der Waals surface area contributed by atoms with Crippen LogP contribution in [0.3, 0.4) is 0 Å². The van der Waals surface area contributed by atoms with Gasteiger partial charge in [-0.05, 0) is 29.7 Å². The topological polar surface area (TPSA) is 93.5 Å². The molecule has 3 aromatic heterocycles. The smallest absolute Gasteiger partial charge is 0.417 e. The molecule has 0 saturated carbocycles. The van der Waals surface area contributed by atoms with Crippen LogP contribution in [-0.4, -0.2) is 30.7 Å². The molecule has 4 rings (SSSR count). The Morgan fingerprint density at radius 3 is 2.53 bits per heavy atom. The first-order valence-electron chi connectivity index (χ1n) is 9.14. The lowest BCUT2D eigenvalue weighted by Gasteiger charge is -2.10. The number of fused-ring (bicyclic) bond motifs is 1. The van der Waals surface area contributed by atoms with E-state index in [2.05, 4.69) is 15.2 Å². The summed E-state index contributed by atoms with van der Waals surface area (Å²) in [5.74, 6) is -1.13. The fraction of sp³-hybridized carbons (Fsp3) is 0.200. The van der Waals surface area contributed by atoms with E-state index in [4.69, 9.17) is 32.7 Å². The summed E-state index contributed by atoms with van der Waals surface area (Å²) in [4.78, 5) is 15.1. The van der Waals surface area contributed by atoms with Gasteiger partial charge in [0.1, 0.15) is 5.69 Å². The van der Waals surface area contributed by atoms with Crippen LogP contribution in [0.1, 0.15) is 30.4 Å². The zero-order valence-electron chi connectivity index (χ0n) is 16.2. The molecule has 7 nitrogen and oxygen atoms in total. The van der Waals surface area contributed by atoms with Gasteiger partial charge in [-0.15, -0.1) is 10.2 Å². The number of carboxylic acids is 1. The minimum Gasteiger partial charge on any atom is -0.481 e. The third-order valence-electron chi connectivity index (χ3n) is 4.75. The number of rotatable bonds is 5. The third kappa shape index (κ3) is 4.28. The number of carbonyl (C=O) groups is 1. The van der Waals surface area contributed by atoms with E-state index in [9.17, 15) is 18.0 Å². The molecule has 0 aliphatic carbocycles. The van der Waals surface area contributed by atoms with Gasteiger partial charge in [0.25, 0.3) is 5.89 Å². The molecule has 0 spiro atoms. The third-order valence-corrected chi connectivity index (χ3v) is 5.34. The van der Waals surface area contributed by atoms with Crippen molar-refractivity contribution in [1.82, 2.24) is 19.6 Å². The fourth-order valence-corrected chi connectivity index (χ4v) is 3.67. The van der Waals surface area contributed by atoms with Crippen LogP contribution in [0.4, 0.5) is 13.2 Å². The highest BCUT2D eigenvalue weighted by Gasteiger charge is 2.32. The summed E-state index contributed by atoms with van der Waals surface area (Å²) >= 11 is 12.3. The minimum atomic E-state index is -4.56. The average molecular weight is 485 g/mol. The van der Waals surface area contributed by atoms with Gasteiger partial charge in [0.05, 0.1) is 27.6 Å². The van der Waals surface area contributed by atoms with E-state index in [1.54, 1.807) is 25.1 Å². The van der Waals surface area contributed by atoms with Crippen molar-refractivity contribution in [3.05, 3.63) is 57.8 Å². The van der Waals surface area contributed by atoms with Crippen LogP contribution >= 0.6 is 23.2 Å². The van der Waals surface area contributed by atoms with Gasteiger partial charge in [0.2, 0.25) is 5.89 Å². The highest BCUT2D eigenvalue weighted by Crippen LogP contribution is 2.35. The number of nitrogens with zero attached hydrogens (tertiary/aromatic N) is 4. The molecule has 0 fully saturated rings. The van der Waals surface area contributed by atoms with Crippen LogP contribution in [0.15, 0.2) is 41.1 Å². The van der Waals surface area contributed by atoms with E-state index in [1.165, 1.54) is 6.20 Å². The lowest BCUT2D eigenvalue weighted by molar-refractivity contribution is -0.138. The number of hydrogen-bond acceptors (Lipinski definition) is 5. The van der Waals surface area contributed by atoms with Crippen molar-refractivity contribution in [2.45, 2.75) is 25.4 Å². The maximum Gasteiger partial charge on any atom is 0.417 e. The molecular weight excluding hydrogens is 472 g/mol. The Balaban J connectivity index is 1.66. The number of pyridine rings is 1. The Kier molecular flexibility index (Phi) is 5.59. The molecule has 1 unspecified atom stereocenters. The molecule has 3 heterocycles. The van der Waals surface area contributed by atoms with E-state index >= 15 is 0 Å². The molecule has 0 aliphatic rings. The van der Waals surface area contributed by atoms with Crippen LogP contribution in [0.5, 0.6) is 0 Å². The maximum atomic E-state index is 13.0. The largest absolute Gasteiger partial charge is 0.481 e. The van der Waals surface area contributed by atoms with E-state index < -0.39 is 17.7 Å². The normalized spacial score (nSPS) is 12.9. The van der Waals surface area contributed by atoms with Gasteiger partial charge in [0, 0.05) is 12.4 Å². The van der Waals surface area contributed by atoms with Crippen molar-refractivity contribution < 1.29 is 27.5 Å². The monoisotopic (exact) mass is 484 g/mol. The molecule has 1 aromatic carbocycles. The van der Waals surface area contributed by atoms with Crippen molar-refractivity contribution in [2.24, 2.45) is 0 Å². The number of halogens is 5. The van der Waals surface area contributed by atoms with E-state index in [-0.39, 0.29) is 45.5 Å². The Labute approximate surface area is 188 Å². The first-order chi connectivity index (χ1) is 15.0. The molecule has 0 aliphatic heterocycles. The number of imidazole rings is 1. The van der Waals surface area contributed by atoms with Crippen molar-refractivity contribution in [3.63, 3.8) is 0 Å². The summed E-state index contributed by atoms with van der Waals surface area (Å²) in [6.07, 6.45) is -2.45. The van der Waals surface area contributed by atoms with Gasteiger partial charge in [-0.3, -0.25) is 4.79 Å². The number of aromatic nitrogens is 4. The first-order valence-corrected chi connectivity index (χ1v) is 9.89. The molecule has 0 bridgehead atoms. The molecule has 0 amide bonds. The van der Waals surface area contributed by atoms with E-state index in [1.807, 2.05) is 0 Å². The van der Waals surface area contributed by atoms with Crippen LogP contribution in [-0.2, 0) is 11.0 Å². The predicted octanol–water partition coefficient (Wildman–Crippen LogP) is 5.96. The number of aliphatic carboxylic acids is 1. The molecule has 0 radical (unpaired) electrons. The molecule has 12 heteroatoms. The molecule has 0 saturated heterocycles. The van der Waals surface area contributed by atoms with Crippen molar-refractivity contribution >= 4 is 34.8 Å². The quantitative estimate of drug-likeness (QED) is 0.375. The molecule has 32 heavy (non-hydrogen) atoms. The predicted molar refractivity (Wildman–Crippen MR) is 110 cm³/mol. The zero-order chi connectivity index (χ0) is 23.2. The lowest BCUT2D eigenvalue weighted by Crippen LogP contribution is -2.06. The standard InChI is InChI=1S/C20H13Cl2F3N4O3/c1-9(4-16(30)31)10-2-3-12(13(21)5-10)18-27-28-19(32-18)15-8-29-7-11(20(23,24)25)6-14(22)17(29)26-15/h2-3,5-9H,4H2,1H3,(H,30,31). The van der Waals surface area contributed by atoms with Crippen molar-refractivity contribution in [1.29, 1.82) is 0 Å². The van der Waals surface area contributed by atoms with Crippen LogP contribution in [0.2, 0.25) is 10.0 Å². The Hall–Kier alpha value is -3.11. The van der Waals surface area contributed by atoms with Crippen LogP contribution in [0.25, 0.3) is 28.7 Å². The van der Waals surface area contributed by atoms with Gasteiger partial charge >= 0.3 is 12.1 Å². The van der Waals surface area contributed by atoms with Gasteiger partial charge in [-0.2, -0.15) is 13.2 Å². The van der Waals surface area contributed by atoms with Crippen LogP contribution < -0.4 is 0 Å². The Bertz CT molecular complexity index is 1330. The number of benzene rings is 1. The number of carboxylic acid groups (broad SMARTS) is 1. The minimum absolute atomic E-state index is 0.0345. The molecule has 4 aromatic rings. The van der Waals surface area contributed by atoms with E-state index in [0.717, 1.165) is 22.2 Å². The maximum absolute atomic E-state index is 13.0. The SMILES string of the molecule is CC(CC(=O)O)c1ccc(-c2nnc(-c3cn4cc(C(F)(F)F)cc(Cl)c4n3)o2)c(Cl)c1. The highest BCUT2D eigenvalue weighted by molar-refractivity contribution is 6.33. The average Bonchev–Trinajstić information content (AvgIpc) is 3.33. The van der Waals surface area contributed by atoms with Gasteiger partial charge in [-0.25, -0.2) is 4.98 Å². The summed E-state index contributed by atoms with van der Waals surface area (Å²) in [5.41, 5.74) is 0.459. The summed E-state index contributed by atoms with van der Waals surface area (Å²) in [6.45, 7) is 1.77. The summed E-state index contributed by atoms with van der Waals surface area (Å²) in [5, 5.41) is 16.9. The lowest BCUT2D eigenvalue weighted by atomic mass is 9.97. The molecular formula is C20H13Cl2F3N4O3. The second kappa shape index (κ2) is 8.10. The second-order valence-corrected chi connectivity index (χ2v) is 7.90. The second-order valence-electron chi connectivity index (χ2n) is 7.08. The molecule has 1 N–H and O–H groups in total. The number of alkyl halides is 3. The van der Waals surface area contributed by atoms with Crippen LogP contribution in [0, 0.1) is 0 Å². The van der Waals surface area contributed by atoms with Gasteiger partial charge in [0.15, 0.2) is 5.65 Å². The highest BCUT2D eigenvalue weighted by atomic mass is 35.5. The summed E-state index contributed by atoms with van der Waals surface area (Å²) < 4.78 is 45.8. The summed E-state index contributed by atoms with van der Waals surface area (Å²) in [6, 6.07) is 5.75.